The summed E-state index contributed by atoms with van der Waals surface area (Å²) in [6.07, 6.45) is -2.48. The molecule has 0 spiro atoms. The first-order valence-corrected chi connectivity index (χ1v) is 8.18. The van der Waals surface area contributed by atoms with E-state index in [1.54, 1.807) is 0 Å². The van der Waals surface area contributed by atoms with Gasteiger partial charge in [0.15, 0.2) is 0 Å². The summed E-state index contributed by atoms with van der Waals surface area (Å²) in [7, 11) is 1.41. The minimum Gasteiger partial charge on any atom is -0.299 e. The lowest BCUT2D eigenvalue weighted by Gasteiger charge is -2.16. The van der Waals surface area contributed by atoms with Crippen LogP contribution in [0.25, 0.3) is 5.69 Å². The normalized spacial score (nSPS) is 11.8. The monoisotopic (exact) mass is 418 g/mol. The van der Waals surface area contributed by atoms with Crippen molar-refractivity contribution < 1.29 is 18.0 Å². The van der Waals surface area contributed by atoms with Crippen LogP contribution in [0.5, 0.6) is 0 Å². The number of hydrogen-bond acceptors (Lipinski definition) is 3. The lowest BCUT2D eigenvalue weighted by Crippen LogP contribution is -2.21. The van der Waals surface area contributed by atoms with Crippen molar-refractivity contribution in [3.8, 4) is 5.69 Å². The fourth-order valence-corrected chi connectivity index (χ4v) is 3.18. The molecule has 0 aliphatic heterocycles. The first-order chi connectivity index (χ1) is 12.5. The molecule has 0 fully saturated rings. The number of carbonyl (C=O) groups is 1. The van der Waals surface area contributed by atoms with Crippen molar-refractivity contribution in [3.05, 3.63) is 67.3 Å². The van der Waals surface area contributed by atoms with Crippen LogP contribution in [0.3, 0.4) is 0 Å². The summed E-state index contributed by atoms with van der Waals surface area (Å²) >= 11 is 11.9. The highest BCUT2D eigenvalue weighted by Crippen LogP contribution is 2.39. The summed E-state index contributed by atoms with van der Waals surface area (Å²) in [4.78, 5) is 25.0. The lowest BCUT2D eigenvalue weighted by molar-refractivity contribution is -0.137. The zero-order valence-electron chi connectivity index (χ0n) is 13.9. The summed E-state index contributed by atoms with van der Waals surface area (Å²) in [5.74, 6) is -0.799. The summed E-state index contributed by atoms with van der Waals surface area (Å²) in [5, 5.41) is 6.01. The molecule has 0 unspecified atom stereocenters. The van der Waals surface area contributed by atoms with E-state index < -0.39 is 33.8 Å². The van der Waals surface area contributed by atoms with Gasteiger partial charge in [0.1, 0.15) is 5.56 Å². The van der Waals surface area contributed by atoms with Gasteiger partial charge >= 0.3 is 6.18 Å². The highest BCUT2D eigenvalue weighted by Gasteiger charge is 2.37. The van der Waals surface area contributed by atoms with Crippen LogP contribution in [0, 0.1) is 6.92 Å². The van der Waals surface area contributed by atoms with Crippen LogP contribution in [0.2, 0.25) is 10.0 Å². The van der Waals surface area contributed by atoms with E-state index in [1.807, 2.05) is 0 Å². The van der Waals surface area contributed by atoms with E-state index in [4.69, 9.17) is 23.2 Å². The van der Waals surface area contributed by atoms with Gasteiger partial charge in [0.25, 0.3) is 5.56 Å². The van der Waals surface area contributed by atoms with Crippen molar-refractivity contribution in [1.82, 2.24) is 19.6 Å². The Labute approximate surface area is 160 Å². The Balaban J connectivity index is 2.27. The van der Waals surface area contributed by atoms with E-state index in [2.05, 4.69) is 10.2 Å². The van der Waals surface area contributed by atoms with Gasteiger partial charge in [-0.15, -0.1) is 0 Å². The van der Waals surface area contributed by atoms with Gasteiger partial charge in [-0.3, -0.25) is 19.4 Å². The predicted octanol–water partition coefficient (Wildman–Crippen LogP) is 3.76. The number of alkyl halides is 3. The number of ketones is 1. The van der Waals surface area contributed by atoms with Crippen molar-refractivity contribution in [2.24, 2.45) is 7.05 Å². The number of H-pyrrole nitrogens is 1. The SMILES string of the molecule is Cc1[nH]n(C)c(=O)c1C(=O)c1ccc(C(F)(F)F)c(-n2cc(Cl)cn2)c1Cl. The summed E-state index contributed by atoms with van der Waals surface area (Å²) < 4.78 is 42.2. The number of benzene rings is 1. The number of aryl methyl sites for hydroxylation is 2. The van der Waals surface area contributed by atoms with Gasteiger partial charge in [0, 0.05) is 24.5 Å². The molecule has 27 heavy (non-hydrogen) atoms. The Hall–Kier alpha value is -2.52. The Kier molecular flexibility index (Phi) is 4.69. The van der Waals surface area contributed by atoms with Crippen molar-refractivity contribution in [1.29, 1.82) is 0 Å². The molecule has 11 heteroatoms. The molecule has 0 amide bonds. The van der Waals surface area contributed by atoms with E-state index in [-0.39, 0.29) is 21.8 Å². The number of aromatic amines is 1. The lowest BCUT2D eigenvalue weighted by atomic mass is 10.0. The van der Waals surface area contributed by atoms with Gasteiger partial charge in [-0.2, -0.15) is 18.3 Å². The number of carbonyl (C=O) groups excluding carboxylic acids is 1. The average Bonchev–Trinajstić information content (AvgIpc) is 3.09. The third-order valence-electron chi connectivity index (χ3n) is 3.90. The van der Waals surface area contributed by atoms with Crippen LogP contribution in [-0.4, -0.2) is 25.3 Å². The molecular formula is C16H11Cl2F3N4O2. The number of nitrogens with zero attached hydrogens (tertiary/aromatic N) is 3. The smallest absolute Gasteiger partial charge is 0.299 e. The third-order valence-corrected chi connectivity index (χ3v) is 4.48. The molecule has 0 saturated carbocycles. The summed E-state index contributed by atoms with van der Waals surface area (Å²) in [6, 6.07) is 1.66. The maximum absolute atomic E-state index is 13.4. The Morgan fingerprint density at radius 1 is 1.26 bits per heavy atom. The van der Waals surface area contributed by atoms with Crippen LogP contribution in [0.15, 0.2) is 29.3 Å². The van der Waals surface area contributed by atoms with Gasteiger partial charge < -0.3 is 0 Å². The van der Waals surface area contributed by atoms with Crippen LogP contribution in [0.4, 0.5) is 13.2 Å². The number of hydrogen-bond donors (Lipinski definition) is 1. The highest BCUT2D eigenvalue weighted by molar-refractivity contribution is 6.37. The Morgan fingerprint density at radius 2 is 1.93 bits per heavy atom. The second kappa shape index (κ2) is 6.58. The molecule has 2 heterocycles. The number of nitrogens with one attached hydrogen (secondary N) is 1. The molecule has 0 bridgehead atoms. The van der Waals surface area contributed by atoms with Crippen molar-refractivity contribution in [2.75, 3.05) is 0 Å². The number of aromatic nitrogens is 4. The Bertz CT molecular complexity index is 1110. The van der Waals surface area contributed by atoms with Crippen LogP contribution < -0.4 is 5.56 Å². The van der Waals surface area contributed by atoms with Crippen LogP contribution in [-0.2, 0) is 13.2 Å². The van der Waals surface area contributed by atoms with Gasteiger partial charge in [0.05, 0.1) is 27.5 Å². The molecule has 0 aliphatic rings. The predicted molar refractivity (Wildman–Crippen MR) is 92.8 cm³/mol. The van der Waals surface area contributed by atoms with Crippen molar-refractivity contribution >= 4 is 29.0 Å². The van der Waals surface area contributed by atoms with E-state index in [0.717, 1.165) is 33.9 Å². The molecule has 0 radical (unpaired) electrons. The van der Waals surface area contributed by atoms with Crippen LogP contribution >= 0.6 is 23.2 Å². The zero-order chi connectivity index (χ0) is 20.1. The second-order valence-electron chi connectivity index (χ2n) is 5.73. The fraction of sp³-hybridized carbons (Fsp3) is 0.188. The molecule has 1 N–H and O–H groups in total. The molecule has 142 valence electrons. The van der Waals surface area contributed by atoms with Crippen molar-refractivity contribution in [3.63, 3.8) is 0 Å². The fourth-order valence-electron chi connectivity index (χ4n) is 2.70. The van der Waals surface area contributed by atoms with Crippen LogP contribution in [0.1, 0.15) is 27.2 Å². The molecule has 3 rings (SSSR count). The van der Waals surface area contributed by atoms with Gasteiger partial charge in [-0.25, -0.2) is 4.68 Å². The van der Waals surface area contributed by atoms with Gasteiger partial charge in [0.2, 0.25) is 5.78 Å². The highest BCUT2D eigenvalue weighted by atomic mass is 35.5. The minimum absolute atomic E-state index is 0.0891. The maximum atomic E-state index is 13.4. The average molecular weight is 419 g/mol. The number of halogens is 5. The van der Waals surface area contributed by atoms with E-state index in [0.29, 0.717) is 0 Å². The third kappa shape index (κ3) is 3.28. The molecular weight excluding hydrogens is 408 g/mol. The van der Waals surface area contributed by atoms with Crippen molar-refractivity contribution in [2.45, 2.75) is 13.1 Å². The molecule has 3 aromatic rings. The molecule has 2 aromatic heterocycles. The maximum Gasteiger partial charge on any atom is 0.418 e. The molecule has 0 saturated heterocycles. The summed E-state index contributed by atoms with van der Waals surface area (Å²) in [6.45, 7) is 1.50. The Morgan fingerprint density at radius 3 is 2.41 bits per heavy atom. The molecule has 0 atom stereocenters. The standard InChI is InChI=1S/C16H11Cl2F3N4O2/c1-7-11(15(27)24(2)23-7)14(26)9-3-4-10(16(19,20)21)13(12(9)18)25-6-8(17)5-22-25/h3-6,23H,1-2H3. The molecule has 0 aliphatic carbocycles. The summed E-state index contributed by atoms with van der Waals surface area (Å²) in [5.41, 5.74) is -2.45. The largest absolute Gasteiger partial charge is 0.418 e. The van der Waals surface area contributed by atoms with E-state index >= 15 is 0 Å². The first-order valence-electron chi connectivity index (χ1n) is 7.43. The second-order valence-corrected chi connectivity index (χ2v) is 6.54. The quantitative estimate of drug-likeness (QED) is 0.658. The first kappa shape index (κ1) is 19.2. The molecule has 1 aromatic carbocycles. The van der Waals surface area contributed by atoms with E-state index in [9.17, 15) is 22.8 Å². The topological polar surface area (TPSA) is 72.7 Å². The minimum atomic E-state index is -4.75. The number of rotatable bonds is 3. The van der Waals surface area contributed by atoms with E-state index in [1.165, 1.54) is 14.0 Å². The zero-order valence-corrected chi connectivity index (χ0v) is 15.4. The van der Waals surface area contributed by atoms with Gasteiger partial charge in [-0.1, -0.05) is 23.2 Å². The molecule has 6 nitrogen and oxygen atoms in total. The van der Waals surface area contributed by atoms with Gasteiger partial charge in [-0.05, 0) is 19.1 Å².